The highest BCUT2D eigenvalue weighted by Gasteiger charge is 2.28. The van der Waals surface area contributed by atoms with Gasteiger partial charge in [-0.2, -0.15) is 0 Å². The molecular weight excluding hydrogens is 611 g/mol. The SMILES string of the molecule is CCCC1CC(=O)C(C2=CC=C(C3=CCOC(C)=C3)C=CC2)=CC2=CCC(C)=C(CNCc3ccc(C4CCCC(CC)CC4)cc3)CC=C21. The van der Waals surface area contributed by atoms with Crippen molar-refractivity contribution in [2.45, 2.75) is 117 Å². The molecule has 0 spiro atoms. The van der Waals surface area contributed by atoms with Crippen LogP contribution in [0.4, 0.5) is 0 Å². The Morgan fingerprint density at radius 2 is 1.70 bits per heavy atom. The van der Waals surface area contributed by atoms with Crippen LogP contribution in [0.2, 0.25) is 0 Å². The number of ether oxygens (including phenoxy) is 1. The van der Waals surface area contributed by atoms with Gasteiger partial charge in [0.25, 0.3) is 0 Å². The largest absolute Gasteiger partial charge is 0.494 e. The van der Waals surface area contributed by atoms with Gasteiger partial charge in [-0.3, -0.25) is 4.79 Å². The first-order valence-electron chi connectivity index (χ1n) is 19.6. The predicted molar refractivity (Wildman–Crippen MR) is 210 cm³/mol. The molecule has 0 bridgehead atoms. The van der Waals surface area contributed by atoms with E-state index in [2.05, 4.69) is 105 Å². The number of ketones is 1. The van der Waals surface area contributed by atoms with Crippen LogP contribution in [0.25, 0.3) is 0 Å². The van der Waals surface area contributed by atoms with Crippen LogP contribution in [-0.2, 0) is 16.1 Å². The molecule has 1 aromatic carbocycles. The Kier molecular flexibility index (Phi) is 12.6. The molecule has 1 saturated carbocycles. The van der Waals surface area contributed by atoms with Gasteiger partial charge in [-0.05, 0) is 134 Å². The molecule has 5 aliphatic rings. The Morgan fingerprint density at radius 3 is 2.50 bits per heavy atom. The third-order valence-corrected chi connectivity index (χ3v) is 11.8. The molecule has 1 aliphatic heterocycles. The number of nitrogens with one attached hydrogen (secondary N) is 1. The van der Waals surface area contributed by atoms with Gasteiger partial charge < -0.3 is 10.1 Å². The first kappa shape index (κ1) is 36.1. The maximum Gasteiger partial charge on any atom is 0.163 e. The Labute approximate surface area is 302 Å². The molecule has 1 heterocycles. The highest BCUT2D eigenvalue weighted by Crippen LogP contribution is 2.39. The van der Waals surface area contributed by atoms with Crippen molar-refractivity contribution < 1.29 is 9.53 Å². The standard InChI is InChI=1S/C47H59NO2/c1-5-9-42-30-47(49)46(40-13-8-12-38(22-23-40)41-26-27-50-34(4)28-41)29-43-18-14-33(3)44(24-25-45(42)43)32-48-31-36-16-20-39(21-17-36)37-11-7-10-35(6-2)15-19-37/h8,12,16-18,20-23,25-26,28-29,35,37,42,48H,5-7,9-11,13-15,19,24,27,30-32H2,1-4H3. The number of hydrogen-bond acceptors (Lipinski definition) is 3. The molecule has 3 unspecified atom stereocenters. The van der Waals surface area contributed by atoms with Gasteiger partial charge in [0.2, 0.25) is 0 Å². The molecular formula is C47H59NO2. The third kappa shape index (κ3) is 9.15. The lowest BCUT2D eigenvalue weighted by atomic mass is 9.84. The van der Waals surface area contributed by atoms with Crippen molar-refractivity contribution >= 4 is 5.78 Å². The molecule has 3 atom stereocenters. The Hall–Kier alpha value is -3.69. The van der Waals surface area contributed by atoms with E-state index in [1.807, 2.05) is 6.92 Å². The van der Waals surface area contributed by atoms with Gasteiger partial charge in [-0.25, -0.2) is 0 Å². The molecule has 1 fully saturated rings. The Bertz CT molecular complexity index is 1680. The van der Waals surface area contributed by atoms with Crippen LogP contribution in [-0.4, -0.2) is 18.9 Å². The van der Waals surface area contributed by atoms with Crippen LogP contribution in [0.5, 0.6) is 0 Å². The van der Waals surface area contributed by atoms with Crippen molar-refractivity contribution in [3.8, 4) is 0 Å². The summed E-state index contributed by atoms with van der Waals surface area (Å²) in [5.41, 5.74) is 12.8. The van der Waals surface area contributed by atoms with Crippen LogP contribution in [0, 0.1) is 11.8 Å². The van der Waals surface area contributed by atoms with E-state index in [-0.39, 0.29) is 11.7 Å². The fourth-order valence-electron chi connectivity index (χ4n) is 8.56. The molecule has 0 aromatic heterocycles. The van der Waals surface area contributed by atoms with E-state index in [4.69, 9.17) is 4.74 Å². The van der Waals surface area contributed by atoms with E-state index in [0.717, 1.165) is 79.5 Å². The van der Waals surface area contributed by atoms with Gasteiger partial charge in [-0.1, -0.05) is 111 Å². The summed E-state index contributed by atoms with van der Waals surface area (Å²) < 4.78 is 5.60. The van der Waals surface area contributed by atoms with Gasteiger partial charge in [0.15, 0.2) is 5.78 Å². The molecule has 0 amide bonds. The second kappa shape index (κ2) is 17.5. The number of carbonyl (C=O) groups excluding carboxylic acids is 1. The number of allylic oxidation sites excluding steroid dienone is 16. The van der Waals surface area contributed by atoms with E-state index >= 15 is 0 Å². The van der Waals surface area contributed by atoms with Gasteiger partial charge in [0.05, 0.1) is 5.76 Å². The Morgan fingerprint density at radius 1 is 0.840 bits per heavy atom. The van der Waals surface area contributed by atoms with Gasteiger partial charge in [-0.15, -0.1) is 0 Å². The van der Waals surface area contributed by atoms with Gasteiger partial charge in [0.1, 0.15) is 6.61 Å². The number of rotatable bonds is 10. The summed E-state index contributed by atoms with van der Waals surface area (Å²) in [4.78, 5) is 13.9. The number of carbonyl (C=O) groups is 1. The lowest BCUT2D eigenvalue weighted by molar-refractivity contribution is -0.116. The van der Waals surface area contributed by atoms with Gasteiger partial charge in [0, 0.05) is 25.1 Å². The van der Waals surface area contributed by atoms with Crippen molar-refractivity contribution in [3.05, 3.63) is 140 Å². The predicted octanol–water partition coefficient (Wildman–Crippen LogP) is 11.8. The average molecular weight is 670 g/mol. The summed E-state index contributed by atoms with van der Waals surface area (Å²) >= 11 is 0. The van der Waals surface area contributed by atoms with E-state index in [1.165, 1.54) is 77.5 Å². The zero-order valence-corrected chi connectivity index (χ0v) is 31.2. The monoisotopic (exact) mass is 669 g/mol. The second-order valence-corrected chi connectivity index (χ2v) is 15.3. The van der Waals surface area contributed by atoms with Gasteiger partial charge >= 0.3 is 0 Å². The van der Waals surface area contributed by atoms with E-state index in [9.17, 15) is 4.79 Å². The molecule has 1 aromatic rings. The molecule has 0 radical (unpaired) electrons. The summed E-state index contributed by atoms with van der Waals surface area (Å²) in [6, 6.07) is 9.48. The van der Waals surface area contributed by atoms with Crippen molar-refractivity contribution in [3.63, 3.8) is 0 Å². The molecule has 264 valence electrons. The minimum Gasteiger partial charge on any atom is -0.494 e. The fraction of sp³-hybridized carbons (Fsp3) is 0.468. The van der Waals surface area contributed by atoms with Crippen LogP contribution >= 0.6 is 0 Å². The molecule has 3 heteroatoms. The second-order valence-electron chi connectivity index (χ2n) is 15.3. The average Bonchev–Trinajstić information content (AvgIpc) is 3.57. The van der Waals surface area contributed by atoms with Crippen LogP contribution in [0.3, 0.4) is 0 Å². The number of hydrogen-bond donors (Lipinski definition) is 1. The third-order valence-electron chi connectivity index (χ3n) is 11.8. The summed E-state index contributed by atoms with van der Waals surface area (Å²) in [5, 5.41) is 3.78. The lowest BCUT2D eigenvalue weighted by Crippen LogP contribution is -2.18. The molecule has 6 rings (SSSR count). The molecule has 1 N–H and O–H groups in total. The summed E-state index contributed by atoms with van der Waals surface area (Å²) in [6.45, 7) is 11.3. The highest BCUT2D eigenvalue weighted by molar-refractivity contribution is 6.01. The van der Waals surface area contributed by atoms with E-state index < -0.39 is 0 Å². The van der Waals surface area contributed by atoms with Crippen molar-refractivity contribution in [1.29, 1.82) is 0 Å². The van der Waals surface area contributed by atoms with E-state index in [0.29, 0.717) is 13.0 Å². The number of benzene rings is 1. The molecule has 3 nitrogen and oxygen atoms in total. The minimum absolute atomic E-state index is 0.258. The minimum atomic E-state index is 0.258. The zero-order chi connectivity index (χ0) is 34.9. The maximum atomic E-state index is 13.9. The molecule has 50 heavy (non-hydrogen) atoms. The quantitative estimate of drug-likeness (QED) is 0.199. The first-order valence-corrected chi connectivity index (χ1v) is 19.6. The van der Waals surface area contributed by atoms with Crippen molar-refractivity contribution in [2.75, 3.05) is 13.2 Å². The number of fused-ring (bicyclic) bond motifs is 1. The molecule has 0 saturated heterocycles. The number of Topliss-reactive ketones (excluding diaryl/α,β-unsaturated/α-hetero) is 1. The summed E-state index contributed by atoms with van der Waals surface area (Å²) in [6.07, 6.45) is 33.5. The summed E-state index contributed by atoms with van der Waals surface area (Å²) in [5.74, 6) is 3.13. The van der Waals surface area contributed by atoms with E-state index in [1.54, 1.807) is 0 Å². The van der Waals surface area contributed by atoms with Crippen molar-refractivity contribution in [1.82, 2.24) is 5.32 Å². The van der Waals surface area contributed by atoms with Crippen LogP contribution in [0.1, 0.15) is 122 Å². The highest BCUT2D eigenvalue weighted by atomic mass is 16.5. The topological polar surface area (TPSA) is 38.3 Å². The van der Waals surface area contributed by atoms with Crippen LogP contribution in [0.15, 0.2) is 129 Å². The summed E-state index contributed by atoms with van der Waals surface area (Å²) in [7, 11) is 0. The van der Waals surface area contributed by atoms with Crippen LogP contribution < -0.4 is 5.32 Å². The first-order chi connectivity index (χ1) is 24.4. The normalized spacial score (nSPS) is 24.8. The molecule has 4 aliphatic carbocycles. The Balaban J connectivity index is 1.15. The fourth-order valence-corrected chi connectivity index (χ4v) is 8.56. The zero-order valence-electron chi connectivity index (χ0n) is 31.2. The maximum absolute atomic E-state index is 13.9. The van der Waals surface area contributed by atoms with Crippen molar-refractivity contribution in [2.24, 2.45) is 11.8 Å². The lowest BCUT2D eigenvalue weighted by Gasteiger charge is -2.22. The smallest absolute Gasteiger partial charge is 0.163 e.